The quantitative estimate of drug-likeness (QED) is 0.787. The number of fused-ring (bicyclic) bond motifs is 1. The zero-order valence-electron chi connectivity index (χ0n) is 10.1. The minimum Gasteiger partial charge on any atom is -0.357 e. The van der Waals surface area contributed by atoms with E-state index in [2.05, 4.69) is 54.5 Å². The molecule has 0 radical (unpaired) electrons. The van der Waals surface area contributed by atoms with E-state index in [0.29, 0.717) is 6.04 Å². The maximum atomic E-state index is 3.53. The normalized spacial score (nSPS) is 13.1. The van der Waals surface area contributed by atoms with Gasteiger partial charge in [0, 0.05) is 23.8 Å². The monoisotopic (exact) mass is 216 g/mol. The van der Waals surface area contributed by atoms with Crippen molar-refractivity contribution in [1.82, 2.24) is 10.3 Å². The highest BCUT2D eigenvalue weighted by atomic mass is 14.9. The van der Waals surface area contributed by atoms with Crippen LogP contribution in [0.3, 0.4) is 0 Å². The number of para-hydroxylation sites is 1. The van der Waals surface area contributed by atoms with Crippen LogP contribution in [0, 0.1) is 0 Å². The first-order chi connectivity index (χ1) is 7.79. The van der Waals surface area contributed by atoms with Crippen LogP contribution in [-0.4, -0.2) is 11.0 Å². The van der Waals surface area contributed by atoms with Gasteiger partial charge in [-0.2, -0.15) is 0 Å². The lowest BCUT2D eigenvalue weighted by Crippen LogP contribution is -2.25. The van der Waals surface area contributed by atoms with Crippen molar-refractivity contribution < 1.29 is 0 Å². The molecular weight excluding hydrogens is 196 g/mol. The van der Waals surface area contributed by atoms with E-state index in [0.717, 1.165) is 6.54 Å². The molecule has 0 amide bonds. The van der Waals surface area contributed by atoms with Crippen molar-refractivity contribution in [3.05, 3.63) is 36.0 Å². The summed E-state index contributed by atoms with van der Waals surface area (Å²) in [5.74, 6) is 0. The number of hydrogen-bond acceptors (Lipinski definition) is 1. The van der Waals surface area contributed by atoms with Gasteiger partial charge in [0.05, 0.1) is 0 Å². The molecule has 1 heterocycles. The summed E-state index contributed by atoms with van der Waals surface area (Å²) >= 11 is 0. The molecule has 0 aliphatic rings. The smallest absolute Gasteiger partial charge is 0.0456 e. The molecular formula is C14H20N2. The van der Waals surface area contributed by atoms with Crippen molar-refractivity contribution in [3.8, 4) is 0 Å². The molecule has 2 N–H and O–H groups in total. The zero-order chi connectivity index (χ0) is 11.4. The van der Waals surface area contributed by atoms with E-state index in [9.17, 15) is 0 Å². The van der Waals surface area contributed by atoms with Gasteiger partial charge in [-0.25, -0.2) is 0 Å². The van der Waals surface area contributed by atoms with Crippen LogP contribution >= 0.6 is 0 Å². The standard InChI is InChI=1S/C14H20N2/c1-3-6-11(2)15-10-13-9-12-7-4-5-8-14(12)16-13/h4-5,7-9,11,15-16H,3,6,10H2,1-2H3. The second-order valence-electron chi connectivity index (χ2n) is 4.45. The molecule has 2 heteroatoms. The van der Waals surface area contributed by atoms with Crippen LogP contribution in [0.15, 0.2) is 30.3 Å². The van der Waals surface area contributed by atoms with Crippen LogP contribution in [0.2, 0.25) is 0 Å². The third-order valence-electron chi connectivity index (χ3n) is 2.95. The van der Waals surface area contributed by atoms with Crippen molar-refractivity contribution in [2.45, 2.75) is 39.3 Å². The number of nitrogens with one attached hydrogen (secondary N) is 2. The van der Waals surface area contributed by atoms with Gasteiger partial charge in [0.1, 0.15) is 0 Å². The van der Waals surface area contributed by atoms with Crippen LogP contribution in [-0.2, 0) is 6.54 Å². The lowest BCUT2D eigenvalue weighted by Gasteiger charge is -2.11. The maximum Gasteiger partial charge on any atom is 0.0456 e. The van der Waals surface area contributed by atoms with E-state index in [1.807, 2.05) is 0 Å². The SMILES string of the molecule is CCCC(C)NCc1cc2ccccc2[nH]1. The van der Waals surface area contributed by atoms with E-state index in [4.69, 9.17) is 0 Å². The van der Waals surface area contributed by atoms with Gasteiger partial charge in [0.25, 0.3) is 0 Å². The van der Waals surface area contributed by atoms with Gasteiger partial charge in [0.15, 0.2) is 0 Å². The molecule has 0 saturated heterocycles. The van der Waals surface area contributed by atoms with Crippen molar-refractivity contribution in [1.29, 1.82) is 0 Å². The summed E-state index contributed by atoms with van der Waals surface area (Å²) in [5.41, 5.74) is 2.49. The predicted molar refractivity (Wildman–Crippen MR) is 69.5 cm³/mol. The highest BCUT2D eigenvalue weighted by molar-refractivity contribution is 5.80. The van der Waals surface area contributed by atoms with Crippen LogP contribution in [0.25, 0.3) is 10.9 Å². The molecule has 1 aromatic heterocycles. The average Bonchev–Trinajstić information content (AvgIpc) is 2.69. The number of rotatable bonds is 5. The molecule has 0 aliphatic carbocycles. The topological polar surface area (TPSA) is 27.8 Å². The molecule has 2 nitrogen and oxygen atoms in total. The molecule has 0 spiro atoms. The number of aromatic amines is 1. The first kappa shape index (κ1) is 11.2. The van der Waals surface area contributed by atoms with E-state index in [1.165, 1.54) is 29.4 Å². The Balaban J connectivity index is 1.99. The maximum absolute atomic E-state index is 3.53. The van der Waals surface area contributed by atoms with Gasteiger partial charge in [-0.1, -0.05) is 31.5 Å². The van der Waals surface area contributed by atoms with Crippen molar-refractivity contribution >= 4 is 10.9 Å². The van der Waals surface area contributed by atoms with Gasteiger partial charge in [-0.15, -0.1) is 0 Å². The minimum absolute atomic E-state index is 0.594. The summed E-state index contributed by atoms with van der Waals surface area (Å²) in [7, 11) is 0. The van der Waals surface area contributed by atoms with Gasteiger partial charge >= 0.3 is 0 Å². The molecule has 0 bridgehead atoms. The van der Waals surface area contributed by atoms with E-state index < -0.39 is 0 Å². The number of aromatic nitrogens is 1. The molecule has 0 saturated carbocycles. The molecule has 0 fully saturated rings. The molecule has 1 atom stereocenters. The first-order valence-corrected chi connectivity index (χ1v) is 6.09. The molecule has 0 aliphatic heterocycles. The van der Waals surface area contributed by atoms with Gasteiger partial charge < -0.3 is 10.3 Å². The Morgan fingerprint density at radius 1 is 1.31 bits per heavy atom. The number of H-pyrrole nitrogens is 1. The Labute approximate surface area is 97.1 Å². The highest BCUT2D eigenvalue weighted by Crippen LogP contribution is 2.14. The molecule has 2 rings (SSSR count). The fraction of sp³-hybridized carbons (Fsp3) is 0.429. The van der Waals surface area contributed by atoms with Gasteiger partial charge in [-0.05, 0) is 30.9 Å². The summed E-state index contributed by atoms with van der Waals surface area (Å²) in [6, 6.07) is 11.2. The van der Waals surface area contributed by atoms with Crippen LogP contribution in [0.1, 0.15) is 32.4 Å². The number of hydrogen-bond donors (Lipinski definition) is 2. The Morgan fingerprint density at radius 2 is 2.12 bits per heavy atom. The molecule has 2 aromatic rings. The average molecular weight is 216 g/mol. The van der Waals surface area contributed by atoms with Crippen molar-refractivity contribution in [3.63, 3.8) is 0 Å². The molecule has 1 unspecified atom stereocenters. The predicted octanol–water partition coefficient (Wildman–Crippen LogP) is 3.45. The van der Waals surface area contributed by atoms with Crippen LogP contribution in [0.4, 0.5) is 0 Å². The summed E-state index contributed by atoms with van der Waals surface area (Å²) < 4.78 is 0. The zero-order valence-corrected chi connectivity index (χ0v) is 10.1. The molecule has 16 heavy (non-hydrogen) atoms. The summed E-state index contributed by atoms with van der Waals surface area (Å²) in [5, 5.41) is 4.82. The van der Waals surface area contributed by atoms with Crippen molar-refractivity contribution in [2.24, 2.45) is 0 Å². The second-order valence-corrected chi connectivity index (χ2v) is 4.45. The van der Waals surface area contributed by atoms with E-state index in [1.54, 1.807) is 0 Å². The lowest BCUT2D eigenvalue weighted by molar-refractivity contribution is 0.505. The Kier molecular flexibility index (Phi) is 3.62. The summed E-state index contributed by atoms with van der Waals surface area (Å²) in [6.45, 7) is 5.39. The van der Waals surface area contributed by atoms with Crippen molar-refractivity contribution in [2.75, 3.05) is 0 Å². The molecule has 1 aromatic carbocycles. The number of benzene rings is 1. The third kappa shape index (κ3) is 2.64. The Hall–Kier alpha value is -1.28. The first-order valence-electron chi connectivity index (χ1n) is 6.09. The summed E-state index contributed by atoms with van der Waals surface area (Å²) in [6.07, 6.45) is 2.47. The fourth-order valence-corrected chi connectivity index (χ4v) is 2.05. The van der Waals surface area contributed by atoms with Gasteiger partial charge in [-0.3, -0.25) is 0 Å². The largest absolute Gasteiger partial charge is 0.357 e. The Bertz CT molecular complexity index is 412. The van der Waals surface area contributed by atoms with Gasteiger partial charge in [0.2, 0.25) is 0 Å². The fourth-order valence-electron chi connectivity index (χ4n) is 2.05. The van der Waals surface area contributed by atoms with E-state index >= 15 is 0 Å². The lowest BCUT2D eigenvalue weighted by atomic mass is 10.2. The highest BCUT2D eigenvalue weighted by Gasteiger charge is 2.02. The Morgan fingerprint density at radius 3 is 2.88 bits per heavy atom. The third-order valence-corrected chi connectivity index (χ3v) is 2.95. The molecule has 86 valence electrons. The summed E-state index contributed by atoms with van der Waals surface area (Å²) in [4.78, 5) is 3.43. The minimum atomic E-state index is 0.594. The van der Waals surface area contributed by atoms with E-state index in [-0.39, 0.29) is 0 Å². The second kappa shape index (κ2) is 5.17. The van der Waals surface area contributed by atoms with Crippen LogP contribution < -0.4 is 5.32 Å². The van der Waals surface area contributed by atoms with Crippen LogP contribution in [0.5, 0.6) is 0 Å².